The monoisotopic (exact) mass is 448 g/mol. The number of aryl methyl sites for hydroxylation is 1. The fraction of sp³-hybridized carbons (Fsp3) is 0.0800. The fourth-order valence-corrected chi connectivity index (χ4v) is 3.18. The number of hydrogen-bond acceptors (Lipinski definition) is 4. The number of aromatic nitrogens is 2. The molecule has 0 bridgehead atoms. The van der Waals surface area contributed by atoms with Crippen molar-refractivity contribution >= 4 is 23.2 Å². The first kappa shape index (κ1) is 22.0. The second-order valence-electron chi connectivity index (χ2n) is 7.32. The molecule has 0 saturated heterocycles. The molecule has 4 rings (SSSR count). The Kier molecular flexibility index (Phi) is 6.08. The molecule has 0 aliphatic rings. The average Bonchev–Trinajstić information content (AvgIpc) is 2.81. The molecule has 0 aliphatic heterocycles. The molecule has 1 aromatic heterocycles. The third kappa shape index (κ3) is 5.35. The predicted octanol–water partition coefficient (Wildman–Crippen LogP) is 6.47. The topological polar surface area (TPSA) is 66.9 Å². The maximum atomic E-state index is 12.9. The van der Waals surface area contributed by atoms with E-state index in [-0.39, 0.29) is 5.56 Å². The summed E-state index contributed by atoms with van der Waals surface area (Å²) in [5, 5.41) is 5.78. The van der Waals surface area contributed by atoms with Gasteiger partial charge in [-0.3, -0.25) is 4.79 Å². The lowest BCUT2D eigenvalue weighted by atomic mass is 10.1. The van der Waals surface area contributed by atoms with Crippen LogP contribution in [-0.2, 0) is 6.18 Å². The molecule has 0 atom stereocenters. The minimum Gasteiger partial charge on any atom is -0.324 e. The smallest absolute Gasteiger partial charge is 0.324 e. The number of halogens is 3. The van der Waals surface area contributed by atoms with Gasteiger partial charge < -0.3 is 10.6 Å². The lowest BCUT2D eigenvalue weighted by Crippen LogP contribution is -2.14. The Bertz CT molecular complexity index is 1290. The van der Waals surface area contributed by atoms with E-state index < -0.39 is 17.6 Å². The maximum Gasteiger partial charge on any atom is 0.416 e. The Balaban J connectivity index is 1.54. The van der Waals surface area contributed by atoms with E-state index in [1.54, 1.807) is 30.5 Å². The number of carbonyl (C=O) groups excluding carboxylic acids is 1. The molecule has 8 heteroatoms. The van der Waals surface area contributed by atoms with Gasteiger partial charge in [-0.15, -0.1) is 0 Å². The highest BCUT2D eigenvalue weighted by Crippen LogP contribution is 2.30. The van der Waals surface area contributed by atoms with E-state index >= 15 is 0 Å². The van der Waals surface area contributed by atoms with Gasteiger partial charge in [0.2, 0.25) is 5.95 Å². The summed E-state index contributed by atoms with van der Waals surface area (Å²) in [6, 6.07) is 20.9. The first-order chi connectivity index (χ1) is 15.8. The Morgan fingerprint density at radius 3 is 2.45 bits per heavy atom. The highest BCUT2D eigenvalue weighted by Gasteiger charge is 2.30. The molecule has 0 aliphatic carbocycles. The molecule has 0 spiro atoms. The number of anilines is 3. The fourth-order valence-electron chi connectivity index (χ4n) is 3.18. The van der Waals surface area contributed by atoms with E-state index in [9.17, 15) is 18.0 Å². The number of benzene rings is 3. The molecule has 0 radical (unpaired) electrons. The number of amides is 1. The number of nitrogens with zero attached hydrogens (tertiary/aromatic N) is 2. The summed E-state index contributed by atoms with van der Waals surface area (Å²) in [5.74, 6) is -0.265. The van der Waals surface area contributed by atoms with Crippen molar-refractivity contribution in [2.45, 2.75) is 13.1 Å². The number of nitrogens with one attached hydrogen (secondary N) is 2. The van der Waals surface area contributed by atoms with Gasteiger partial charge in [-0.2, -0.15) is 13.2 Å². The molecule has 0 fully saturated rings. The van der Waals surface area contributed by atoms with Crippen molar-refractivity contribution in [3.63, 3.8) is 0 Å². The van der Waals surface area contributed by atoms with Crippen LogP contribution in [0.2, 0.25) is 0 Å². The van der Waals surface area contributed by atoms with Gasteiger partial charge in [-0.05, 0) is 48.9 Å². The van der Waals surface area contributed by atoms with Gasteiger partial charge in [0.15, 0.2) is 0 Å². The van der Waals surface area contributed by atoms with E-state index in [0.29, 0.717) is 17.3 Å². The summed E-state index contributed by atoms with van der Waals surface area (Å²) >= 11 is 0. The quantitative estimate of drug-likeness (QED) is 0.367. The second-order valence-corrected chi connectivity index (χ2v) is 7.32. The summed E-state index contributed by atoms with van der Waals surface area (Å²) in [5.41, 5.74) is 2.68. The molecule has 3 aromatic carbocycles. The summed E-state index contributed by atoms with van der Waals surface area (Å²) in [6.45, 7) is 1.88. The van der Waals surface area contributed by atoms with Crippen LogP contribution < -0.4 is 10.6 Å². The predicted molar refractivity (Wildman–Crippen MR) is 121 cm³/mol. The zero-order valence-electron chi connectivity index (χ0n) is 17.5. The largest absolute Gasteiger partial charge is 0.416 e. The van der Waals surface area contributed by atoms with E-state index in [1.165, 1.54) is 12.1 Å². The van der Waals surface area contributed by atoms with E-state index in [4.69, 9.17) is 0 Å². The SMILES string of the molecule is Cc1ccc(NC(=O)c2cccc(C(F)(F)F)c2)cc1Nc1nccc(-c2ccccc2)n1. The number of alkyl halides is 3. The third-order valence-corrected chi connectivity index (χ3v) is 4.92. The van der Waals surface area contributed by atoms with Crippen LogP contribution in [0.15, 0.2) is 85.1 Å². The highest BCUT2D eigenvalue weighted by atomic mass is 19.4. The molecule has 33 heavy (non-hydrogen) atoms. The molecule has 5 nitrogen and oxygen atoms in total. The van der Waals surface area contributed by atoms with E-state index in [0.717, 1.165) is 29.0 Å². The van der Waals surface area contributed by atoms with Gasteiger partial charge in [0.1, 0.15) is 0 Å². The molecule has 1 heterocycles. The van der Waals surface area contributed by atoms with Gasteiger partial charge in [0, 0.05) is 28.7 Å². The summed E-state index contributed by atoms with van der Waals surface area (Å²) in [7, 11) is 0. The van der Waals surface area contributed by atoms with E-state index in [1.807, 2.05) is 37.3 Å². The Morgan fingerprint density at radius 2 is 1.70 bits per heavy atom. The Labute approximate surface area is 188 Å². The van der Waals surface area contributed by atoms with Crippen molar-refractivity contribution in [2.24, 2.45) is 0 Å². The lowest BCUT2D eigenvalue weighted by Gasteiger charge is -2.13. The van der Waals surface area contributed by atoms with Crippen LogP contribution in [0.1, 0.15) is 21.5 Å². The molecule has 4 aromatic rings. The van der Waals surface area contributed by atoms with Gasteiger partial charge in [-0.1, -0.05) is 42.5 Å². The van der Waals surface area contributed by atoms with Crippen molar-refractivity contribution in [2.75, 3.05) is 10.6 Å². The minimum absolute atomic E-state index is 0.0844. The van der Waals surface area contributed by atoms with E-state index in [2.05, 4.69) is 20.6 Å². The third-order valence-electron chi connectivity index (χ3n) is 4.92. The normalized spacial score (nSPS) is 11.2. The average molecular weight is 448 g/mol. The molecular formula is C25H19F3N4O. The number of carbonyl (C=O) groups is 1. The van der Waals surface area contributed by atoms with Gasteiger partial charge >= 0.3 is 6.18 Å². The Hall–Kier alpha value is -4.20. The van der Waals surface area contributed by atoms with Crippen LogP contribution >= 0.6 is 0 Å². The molecular weight excluding hydrogens is 429 g/mol. The summed E-state index contributed by atoms with van der Waals surface area (Å²) in [4.78, 5) is 21.3. The van der Waals surface area contributed by atoms with Crippen LogP contribution in [0.3, 0.4) is 0 Å². The van der Waals surface area contributed by atoms with Crippen LogP contribution in [0.4, 0.5) is 30.5 Å². The molecule has 0 unspecified atom stereocenters. The van der Waals surface area contributed by atoms with Crippen molar-refractivity contribution in [3.05, 3.63) is 102 Å². The first-order valence-corrected chi connectivity index (χ1v) is 10.0. The maximum absolute atomic E-state index is 12.9. The molecule has 2 N–H and O–H groups in total. The van der Waals surface area contributed by atoms with Gasteiger partial charge in [0.25, 0.3) is 5.91 Å². The minimum atomic E-state index is -4.52. The Morgan fingerprint density at radius 1 is 0.909 bits per heavy atom. The van der Waals surface area contributed by atoms with Crippen LogP contribution in [0, 0.1) is 6.92 Å². The highest BCUT2D eigenvalue weighted by molar-refractivity contribution is 6.04. The number of rotatable bonds is 5. The van der Waals surface area contributed by atoms with Crippen LogP contribution in [-0.4, -0.2) is 15.9 Å². The zero-order valence-corrected chi connectivity index (χ0v) is 17.5. The van der Waals surface area contributed by atoms with Crippen molar-refractivity contribution < 1.29 is 18.0 Å². The van der Waals surface area contributed by atoms with Crippen molar-refractivity contribution in [3.8, 4) is 11.3 Å². The van der Waals surface area contributed by atoms with Crippen molar-refractivity contribution in [1.82, 2.24) is 9.97 Å². The summed E-state index contributed by atoms with van der Waals surface area (Å²) < 4.78 is 38.8. The van der Waals surface area contributed by atoms with Gasteiger partial charge in [0.05, 0.1) is 11.3 Å². The standard InChI is InChI=1S/C25H19F3N4O/c1-16-10-11-20(30-23(33)18-8-5-9-19(14-18)25(26,27)28)15-22(16)32-24-29-13-12-21(31-24)17-6-3-2-4-7-17/h2-15H,1H3,(H,30,33)(H,29,31,32). The lowest BCUT2D eigenvalue weighted by molar-refractivity contribution is -0.137. The van der Waals surface area contributed by atoms with Gasteiger partial charge in [-0.25, -0.2) is 9.97 Å². The van der Waals surface area contributed by atoms with Crippen LogP contribution in [0.25, 0.3) is 11.3 Å². The zero-order chi connectivity index (χ0) is 23.4. The first-order valence-electron chi connectivity index (χ1n) is 10.0. The molecule has 0 saturated carbocycles. The molecule has 166 valence electrons. The molecule has 1 amide bonds. The summed E-state index contributed by atoms with van der Waals surface area (Å²) in [6.07, 6.45) is -2.88. The number of hydrogen-bond donors (Lipinski definition) is 2. The second kappa shape index (κ2) is 9.12. The van der Waals surface area contributed by atoms with Crippen molar-refractivity contribution in [1.29, 1.82) is 0 Å². The van der Waals surface area contributed by atoms with Crippen LogP contribution in [0.5, 0.6) is 0 Å².